The fourth-order valence-electron chi connectivity index (χ4n) is 0.271. The lowest BCUT2D eigenvalue weighted by atomic mass is 11.0. The summed E-state index contributed by atoms with van der Waals surface area (Å²) in [7, 11) is 0. The second kappa shape index (κ2) is 7.24. The van der Waals surface area contributed by atoms with Gasteiger partial charge in [0.25, 0.3) is 0 Å². The minimum absolute atomic E-state index is 1.28. The minimum atomic E-state index is 1.28. The van der Waals surface area contributed by atoms with Gasteiger partial charge in [0.15, 0.2) is 6.34 Å². The van der Waals surface area contributed by atoms with Crippen LogP contribution in [-0.4, -0.2) is 12.3 Å². The Labute approximate surface area is 57.9 Å². The second-order valence-corrected chi connectivity index (χ2v) is 1.14. The molecule has 0 saturated heterocycles. The van der Waals surface area contributed by atoms with Crippen LogP contribution in [0.4, 0.5) is 0 Å². The maximum atomic E-state index is 7.43. The average molecular weight is 135 g/mol. The van der Waals surface area contributed by atoms with E-state index >= 15 is 0 Å². The largest absolute Gasteiger partial charge is 0.422 e. The summed E-state index contributed by atoms with van der Waals surface area (Å²) < 4.78 is 0. The number of hydrogen-bond acceptors (Lipinski definition) is 3. The predicted molar refractivity (Wildman–Crippen MR) is 36.0 cm³/mol. The van der Waals surface area contributed by atoms with E-state index in [0.717, 1.165) is 0 Å². The zero-order valence-corrected chi connectivity index (χ0v) is 5.10. The molecule has 1 heterocycles. The molecule has 1 aliphatic rings. The molecule has 0 radical (unpaired) electrons. The molecule has 0 spiro atoms. The quantitative estimate of drug-likeness (QED) is 0.344. The molecule has 5 nitrogen and oxygen atoms in total. The second-order valence-electron chi connectivity index (χ2n) is 1.14. The van der Waals surface area contributed by atoms with Crippen LogP contribution in [0, 0.1) is 11.5 Å². The van der Waals surface area contributed by atoms with E-state index in [0.29, 0.717) is 0 Å². The number of hydrogen-bond donors (Lipinski definition) is 1. The molecule has 1 aliphatic heterocycles. The lowest BCUT2D eigenvalue weighted by Crippen LogP contribution is -2.74. The first-order chi connectivity index (χ1) is 4.91. The highest BCUT2D eigenvalue weighted by Crippen LogP contribution is 1.63. The van der Waals surface area contributed by atoms with E-state index in [-0.39, 0.29) is 0 Å². The summed E-state index contributed by atoms with van der Waals surface area (Å²) in [5, 5.41) is 16.7. The summed E-state index contributed by atoms with van der Waals surface area (Å²) in [4.78, 5) is 6.31. The zero-order valence-electron chi connectivity index (χ0n) is 5.10. The lowest BCUT2D eigenvalue weighted by Gasteiger charge is -1.58. The Kier molecular flexibility index (Phi) is 5.97. The minimum Gasteiger partial charge on any atom is -0.422 e. The molecule has 0 unspecified atom stereocenters. The normalized spacial score (nSPS) is 10.7. The predicted octanol–water partition coefficient (Wildman–Crippen LogP) is -0.726. The number of quaternary nitrogens is 1. The maximum Gasteiger partial charge on any atom is 0.191 e. The van der Waals surface area contributed by atoms with Crippen molar-refractivity contribution in [1.82, 2.24) is 0 Å². The van der Waals surface area contributed by atoms with E-state index in [9.17, 15) is 0 Å². The molecular formula is C5H5N5. The van der Waals surface area contributed by atoms with Crippen LogP contribution < -0.4 is 5.32 Å². The van der Waals surface area contributed by atoms with Crippen LogP contribution in [0.25, 0.3) is 5.41 Å². The van der Waals surface area contributed by atoms with Crippen molar-refractivity contribution in [3.05, 3.63) is 17.8 Å². The third-order valence-corrected chi connectivity index (χ3v) is 0.555. The van der Waals surface area contributed by atoms with Crippen molar-refractivity contribution in [2.45, 2.75) is 0 Å². The lowest BCUT2D eigenvalue weighted by molar-refractivity contribution is -0.447. The maximum absolute atomic E-state index is 7.43. The summed E-state index contributed by atoms with van der Waals surface area (Å²) >= 11 is 0. The van der Waals surface area contributed by atoms with Crippen molar-refractivity contribution in [2.75, 3.05) is 0 Å². The molecule has 0 saturated carbocycles. The van der Waals surface area contributed by atoms with Gasteiger partial charge in [0.05, 0.1) is 12.4 Å². The van der Waals surface area contributed by atoms with Crippen molar-refractivity contribution in [3.63, 3.8) is 0 Å². The molecule has 0 aliphatic carbocycles. The van der Waals surface area contributed by atoms with Crippen molar-refractivity contribution < 1.29 is 5.32 Å². The smallest absolute Gasteiger partial charge is 0.191 e. The van der Waals surface area contributed by atoms with E-state index < -0.39 is 0 Å². The van der Waals surface area contributed by atoms with Crippen molar-refractivity contribution in [3.8, 4) is 6.19 Å². The Balaban J connectivity index is 0.000000162. The van der Waals surface area contributed by atoms with Gasteiger partial charge in [-0.2, -0.15) is 5.26 Å². The first-order valence-electron chi connectivity index (χ1n) is 2.41. The summed E-state index contributed by atoms with van der Waals surface area (Å²) in [6, 6.07) is 1.28. The molecule has 0 amide bonds. The third kappa shape index (κ3) is 6.24. The number of aliphatic imine (C=N–C) groups is 2. The van der Waals surface area contributed by atoms with E-state index in [1.54, 1.807) is 12.5 Å². The highest BCUT2D eigenvalue weighted by molar-refractivity contribution is 5.46. The monoisotopic (exact) mass is 135 g/mol. The molecule has 2 N–H and O–H groups in total. The van der Waals surface area contributed by atoms with Crippen LogP contribution in [0.2, 0.25) is 0 Å². The van der Waals surface area contributed by atoms with Crippen LogP contribution in [0.15, 0.2) is 22.4 Å². The van der Waals surface area contributed by atoms with E-state index in [4.69, 9.17) is 10.7 Å². The number of nitriles is 1. The van der Waals surface area contributed by atoms with E-state index in [1.165, 1.54) is 12.2 Å². The van der Waals surface area contributed by atoms with E-state index in [2.05, 4.69) is 9.98 Å². The van der Waals surface area contributed by atoms with Crippen molar-refractivity contribution >= 4 is 12.3 Å². The molecule has 0 aromatic heterocycles. The van der Waals surface area contributed by atoms with Crippen LogP contribution in [0.1, 0.15) is 0 Å². The third-order valence-electron chi connectivity index (χ3n) is 0.555. The van der Waals surface area contributed by atoms with Gasteiger partial charge in [-0.15, -0.1) is 6.01 Å². The van der Waals surface area contributed by atoms with Gasteiger partial charge in [-0.1, -0.05) is 0 Å². The van der Waals surface area contributed by atoms with Gasteiger partial charge in [-0.05, 0) is 0 Å². The van der Waals surface area contributed by atoms with E-state index in [1.807, 2.05) is 11.5 Å². The summed E-state index contributed by atoms with van der Waals surface area (Å²) in [5.41, 5.74) is 0. The van der Waals surface area contributed by atoms with Crippen LogP contribution in [0.3, 0.4) is 0 Å². The number of nitrogens with two attached hydrogens (primary N) is 1. The fourth-order valence-corrected chi connectivity index (χ4v) is 0.271. The molecule has 5 heteroatoms. The Morgan fingerprint density at radius 1 is 1.70 bits per heavy atom. The highest BCUT2D eigenvalue weighted by atomic mass is 15.0. The van der Waals surface area contributed by atoms with Gasteiger partial charge < -0.3 is 10.4 Å². The van der Waals surface area contributed by atoms with Crippen molar-refractivity contribution in [2.24, 2.45) is 9.98 Å². The summed E-state index contributed by atoms with van der Waals surface area (Å²) in [6.45, 7) is 0. The first kappa shape index (κ1) is 8.24. The highest BCUT2D eigenvalue weighted by Gasteiger charge is 1.76. The van der Waals surface area contributed by atoms with Gasteiger partial charge in [0.1, 0.15) is 6.20 Å². The summed E-state index contributed by atoms with van der Waals surface area (Å²) in [5.74, 6) is 0. The van der Waals surface area contributed by atoms with Gasteiger partial charge >= 0.3 is 0 Å². The van der Waals surface area contributed by atoms with Crippen LogP contribution in [0.5, 0.6) is 0 Å². The van der Waals surface area contributed by atoms with Gasteiger partial charge in [-0.3, -0.25) is 5.32 Å². The molecule has 0 fully saturated rings. The molecule has 10 heavy (non-hydrogen) atoms. The molecule has 50 valence electrons. The van der Waals surface area contributed by atoms with Gasteiger partial charge in [-0.25, -0.2) is 4.99 Å². The fraction of sp³-hybridized carbons (Fsp3) is 0. The van der Waals surface area contributed by atoms with Crippen LogP contribution in [-0.2, 0) is 0 Å². The summed E-state index contributed by atoms with van der Waals surface area (Å²) in [6.07, 6.45) is 6.67. The number of nitrogens with zero attached hydrogens (tertiary/aromatic N) is 4. The molecular weight excluding hydrogens is 130 g/mol. The standard InChI is InChI=1S/C3H4N2.C2N3/c1-2-5-3-4-1;3-1-5-2-4/h1-3H,(H,4,5);/q;-1/p+1. The first-order valence-corrected chi connectivity index (χ1v) is 2.41. The van der Waals surface area contributed by atoms with Crippen molar-refractivity contribution in [1.29, 1.82) is 5.26 Å². The van der Waals surface area contributed by atoms with Gasteiger partial charge in [0.2, 0.25) is 0 Å². The Morgan fingerprint density at radius 3 is 2.60 bits per heavy atom. The molecule has 0 bridgehead atoms. The average Bonchev–Trinajstić information content (AvgIpc) is 2.44. The Hall–Kier alpha value is -1.76. The van der Waals surface area contributed by atoms with Crippen LogP contribution >= 0.6 is 0 Å². The molecule has 1 rings (SSSR count). The molecule has 0 atom stereocenters. The zero-order chi connectivity index (χ0) is 7.66. The topological polar surface area (TPSA) is 87.4 Å². The van der Waals surface area contributed by atoms with Gasteiger partial charge in [0, 0.05) is 0 Å². The molecule has 0 aromatic rings. The molecule has 0 aromatic carbocycles. The number of rotatable bonds is 0. The Bertz CT molecular complexity index is 205. The Morgan fingerprint density at radius 2 is 2.50 bits per heavy atom. The SMILES string of the molecule is C1=C[NH2+]C=N1.N#CN=C=[N-].